The molecule has 0 radical (unpaired) electrons. The van der Waals surface area contributed by atoms with Crippen molar-refractivity contribution in [3.8, 4) is 0 Å². The van der Waals surface area contributed by atoms with Crippen molar-refractivity contribution in [2.24, 2.45) is 0 Å². The molecule has 0 rings (SSSR count). The third-order valence-electron chi connectivity index (χ3n) is 1.82. The summed E-state index contributed by atoms with van der Waals surface area (Å²) >= 11 is 0. The summed E-state index contributed by atoms with van der Waals surface area (Å²) in [4.78, 5) is 10.9. The van der Waals surface area contributed by atoms with E-state index in [4.69, 9.17) is 4.55 Å². The zero-order valence-corrected chi connectivity index (χ0v) is 9.42. The van der Waals surface area contributed by atoms with Crippen LogP contribution in [0, 0.1) is 0 Å². The zero-order valence-electron chi connectivity index (χ0n) is 8.61. The molecule has 0 saturated carbocycles. The summed E-state index contributed by atoms with van der Waals surface area (Å²) in [7, 11) is -3.83. The van der Waals surface area contributed by atoms with Crippen LogP contribution in [-0.4, -0.2) is 24.6 Å². The van der Waals surface area contributed by atoms with Gasteiger partial charge in [0, 0.05) is 6.42 Å². The van der Waals surface area contributed by atoms with Gasteiger partial charge in [-0.05, 0) is 19.0 Å². The van der Waals surface area contributed by atoms with Crippen LogP contribution in [0.2, 0.25) is 0 Å². The third-order valence-corrected chi connectivity index (χ3v) is 2.62. The van der Waals surface area contributed by atoms with E-state index in [9.17, 15) is 13.2 Å². The molecule has 0 bridgehead atoms. The Hall–Kier alpha value is -0.880. The Morgan fingerprint density at radius 1 is 1.27 bits per heavy atom. The summed E-state index contributed by atoms with van der Waals surface area (Å²) in [5, 5.41) is 2.45. The number of rotatable bonds is 8. The van der Waals surface area contributed by atoms with Crippen LogP contribution in [0.25, 0.3) is 0 Å². The monoisotopic (exact) mass is 235 g/mol. The molecule has 0 aliphatic carbocycles. The van der Waals surface area contributed by atoms with E-state index in [1.165, 1.54) is 6.20 Å². The molecule has 5 nitrogen and oxygen atoms in total. The Labute approximate surface area is 90.3 Å². The number of hydrogen-bond acceptors (Lipinski definition) is 3. The predicted octanol–water partition coefficient (Wildman–Crippen LogP) is 1.08. The van der Waals surface area contributed by atoms with Gasteiger partial charge in [0.25, 0.3) is 10.1 Å². The molecule has 0 aliphatic rings. The number of carbonyl (C=O) groups excluding carboxylic acids is 1. The summed E-state index contributed by atoms with van der Waals surface area (Å²) in [6.07, 6.45) is 4.37. The van der Waals surface area contributed by atoms with E-state index in [1.54, 1.807) is 0 Å². The second-order valence-electron chi connectivity index (χ2n) is 3.22. The Kier molecular flexibility index (Phi) is 6.98. The number of carbonyl (C=O) groups is 1. The van der Waals surface area contributed by atoms with E-state index >= 15 is 0 Å². The first kappa shape index (κ1) is 14.1. The van der Waals surface area contributed by atoms with Crippen LogP contribution in [0.4, 0.5) is 0 Å². The van der Waals surface area contributed by atoms with Crippen LogP contribution >= 0.6 is 0 Å². The van der Waals surface area contributed by atoms with Crippen LogP contribution < -0.4 is 5.32 Å². The highest BCUT2D eigenvalue weighted by molar-refractivity contribution is 7.85. The fourth-order valence-electron chi connectivity index (χ4n) is 1.11. The average molecular weight is 235 g/mol. The highest BCUT2D eigenvalue weighted by atomic mass is 32.2. The van der Waals surface area contributed by atoms with Crippen molar-refractivity contribution in [2.75, 3.05) is 5.75 Å². The Morgan fingerprint density at radius 2 is 1.87 bits per heavy atom. The molecule has 0 unspecified atom stereocenters. The van der Waals surface area contributed by atoms with Crippen molar-refractivity contribution >= 4 is 16.0 Å². The van der Waals surface area contributed by atoms with Gasteiger partial charge in [-0.1, -0.05) is 19.4 Å². The van der Waals surface area contributed by atoms with E-state index in [-0.39, 0.29) is 11.7 Å². The molecule has 2 N–H and O–H groups in total. The Bertz CT molecular complexity index is 297. The molecular weight excluding hydrogens is 218 g/mol. The molecule has 0 aromatic rings. The molecule has 1 amide bonds. The SMILES string of the molecule is C=CNC(=O)CCCCCCS(=O)(=O)O. The highest BCUT2D eigenvalue weighted by Gasteiger charge is 2.03. The summed E-state index contributed by atoms with van der Waals surface area (Å²) in [6, 6.07) is 0. The summed E-state index contributed by atoms with van der Waals surface area (Å²) in [5.41, 5.74) is 0. The van der Waals surface area contributed by atoms with Crippen molar-refractivity contribution in [3.63, 3.8) is 0 Å². The highest BCUT2D eigenvalue weighted by Crippen LogP contribution is 2.04. The maximum Gasteiger partial charge on any atom is 0.264 e. The lowest BCUT2D eigenvalue weighted by Crippen LogP contribution is -2.15. The van der Waals surface area contributed by atoms with E-state index in [0.29, 0.717) is 25.7 Å². The average Bonchev–Trinajstić information content (AvgIpc) is 2.09. The van der Waals surface area contributed by atoms with Crippen molar-refractivity contribution in [2.45, 2.75) is 32.1 Å². The summed E-state index contributed by atoms with van der Waals surface area (Å²) in [5.74, 6) is -0.286. The number of nitrogens with one attached hydrogen (secondary N) is 1. The van der Waals surface area contributed by atoms with Crippen molar-refractivity contribution < 1.29 is 17.8 Å². The normalized spacial score (nSPS) is 11.0. The maximum absolute atomic E-state index is 10.9. The first-order valence-electron chi connectivity index (χ1n) is 4.81. The van der Waals surface area contributed by atoms with Crippen LogP contribution in [0.5, 0.6) is 0 Å². The minimum atomic E-state index is -3.83. The molecular formula is C9H17NO4S. The van der Waals surface area contributed by atoms with Crippen LogP contribution in [-0.2, 0) is 14.9 Å². The molecule has 0 heterocycles. The zero-order chi connectivity index (χ0) is 11.7. The molecule has 15 heavy (non-hydrogen) atoms. The van der Waals surface area contributed by atoms with Crippen molar-refractivity contribution in [1.29, 1.82) is 0 Å². The van der Waals surface area contributed by atoms with Gasteiger partial charge in [0.2, 0.25) is 5.91 Å². The standard InChI is InChI=1S/C9H17NO4S/c1-2-10-9(11)7-5-3-4-6-8-15(12,13)14/h2H,1,3-8H2,(H,10,11)(H,12,13,14). The number of hydrogen-bond donors (Lipinski definition) is 2. The summed E-state index contributed by atoms with van der Waals surface area (Å²) < 4.78 is 29.1. The largest absolute Gasteiger partial charge is 0.333 e. The maximum atomic E-state index is 10.9. The molecule has 0 saturated heterocycles. The molecule has 6 heteroatoms. The van der Waals surface area contributed by atoms with Gasteiger partial charge in [-0.2, -0.15) is 8.42 Å². The van der Waals surface area contributed by atoms with E-state index in [2.05, 4.69) is 11.9 Å². The van der Waals surface area contributed by atoms with Crippen molar-refractivity contribution in [3.05, 3.63) is 12.8 Å². The molecule has 0 aliphatic heterocycles. The van der Waals surface area contributed by atoms with Gasteiger partial charge in [0.15, 0.2) is 0 Å². The van der Waals surface area contributed by atoms with E-state index in [1.807, 2.05) is 0 Å². The molecule has 0 aromatic heterocycles. The molecule has 0 spiro atoms. The smallest absolute Gasteiger partial charge is 0.264 e. The van der Waals surface area contributed by atoms with Gasteiger partial charge in [-0.15, -0.1) is 0 Å². The van der Waals surface area contributed by atoms with Gasteiger partial charge >= 0.3 is 0 Å². The van der Waals surface area contributed by atoms with Gasteiger partial charge in [0.1, 0.15) is 0 Å². The van der Waals surface area contributed by atoms with Gasteiger partial charge < -0.3 is 5.32 Å². The summed E-state index contributed by atoms with van der Waals surface area (Å²) in [6.45, 7) is 3.36. The second kappa shape index (κ2) is 7.42. The Balaban J connectivity index is 3.33. The number of amides is 1. The predicted molar refractivity (Wildman–Crippen MR) is 57.8 cm³/mol. The minimum Gasteiger partial charge on any atom is -0.333 e. The van der Waals surface area contributed by atoms with Gasteiger partial charge in [-0.3, -0.25) is 9.35 Å². The Morgan fingerprint density at radius 3 is 2.40 bits per heavy atom. The lowest BCUT2D eigenvalue weighted by Gasteiger charge is -2.00. The molecule has 0 atom stereocenters. The van der Waals surface area contributed by atoms with Crippen LogP contribution in [0.1, 0.15) is 32.1 Å². The fourth-order valence-corrected chi connectivity index (χ4v) is 1.68. The van der Waals surface area contributed by atoms with Crippen LogP contribution in [0.15, 0.2) is 12.8 Å². The minimum absolute atomic E-state index is 0.0835. The second-order valence-corrected chi connectivity index (χ2v) is 4.79. The van der Waals surface area contributed by atoms with Gasteiger partial charge in [-0.25, -0.2) is 0 Å². The molecule has 0 aromatic carbocycles. The molecule has 0 fully saturated rings. The fraction of sp³-hybridized carbons (Fsp3) is 0.667. The van der Waals surface area contributed by atoms with Gasteiger partial charge in [0.05, 0.1) is 5.75 Å². The first-order valence-corrected chi connectivity index (χ1v) is 6.42. The van der Waals surface area contributed by atoms with Crippen molar-refractivity contribution in [1.82, 2.24) is 5.32 Å². The number of unbranched alkanes of at least 4 members (excludes halogenated alkanes) is 3. The van der Waals surface area contributed by atoms with Crippen LogP contribution in [0.3, 0.4) is 0 Å². The topological polar surface area (TPSA) is 83.5 Å². The lowest BCUT2D eigenvalue weighted by atomic mass is 10.1. The lowest BCUT2D eigenvalue weighted by molar-refractivity contribution is -0.120. The van der Waals surface area contributed by atoms with E-state index < -0.39 is 10.1 Å². The third kappa shape index (κ3) is 11.0. The van der Waals surface area contributed by atoms with E-state index in [0.717, 1.165) is 6.42 Å². The quantitative estimate of drug-likeness (QED) is 0.487. The molecule has 88 valence electrons. The first-order chi connectivity index (χ1) is 6.95.